The standard InChI is InChI=1S/C24H36N8O9/c25-14(7-8-19(35)36)20(37)30-15(2-1-9-29-24(27)28)21(38)31-16(11-18(26)34)22(39)32-17(23(40)41)10-12-3-5-13(33)6-4-12/h3-6,14-17,33H,1-2,7-11,25H2,(H2,26,34)(H,30,37)(H,31,38)(H,32,39)(H,35,36)(H,40,41)(H4,27,28,29). The minimum absolute atomic E-state index is 0.0447. The lowest BCUT2D eigenvalue weighted by atomic mass is 10.0. The molecule has 0 bridgehead atoms. The van der Waals surface area contributed by atoms with Gasteiger partial charge in [0.05, 0.1) is 12.5 Å². The van der Waals surface area contributed by atoms with E-state index in [0.717, 1.165) is 0 Å². The van der Waals surface area contributed by atoms with Crippen molar-refractivity contribution in [2.45, 2.75) is 62.7 Å². The highest BCUT2D eigenvalue weighted by Gasteiger charge is 2.31. The van der Waals surface area contributed by atoms with Crippen molar-refractivity contribution < 1.29 is 44.1 Å². The number of hydrogen-bond acceptors (Lipinski definition) is 9. The molecular weight excluding hydrogens is 544 g/mol. The van der Waals surface area contributed by atoms with Gasteiger partial charge in [0.1, 0.15) is 23.9 Å². The largest absolute Gasteiger partial charge is 0.508 e. The Balaban J connectivity index is 3.06. The molecule has 0 fully saturated rings. The number of amides is 4. The Labute approximate surface area is 234 Å². The van der Waals surface area contributed by atoms with Crippen LogP contribution in [0.1, 0.15) is 37.7 Å². The molecule has 41 heavy (non-hydrogen) atoms. The maximum atomic E-state index is 13.1. The lowest BCUT2D eigenvalue weighted by Gasteiger charge is -2.24. The highest BCUT2D eigenvalue weighted by molar-refractivity contribution is 5.96. The second-order valence-corrected chi connectivity index (χ2v) is 9.05. The van der Waals surface area contributed by atoms with Gasteiger partial charge in [0.25, 0.3) is 0 Å². The number of carboxylic acid groups (broad SMARTS) is 2. The first-order valence-electron chi connectivity index (χ1n) is 12.4. The summed E-state index contributed by atoms with van der Waals surface area (Å²) in [6.45, 7) is 0.0792. The Morgan fingerprint density at radius 1 is 0.805 bits per heavy atom. The van der Waals surface area contributed by atoms with E-state index in [0.29, 0.717) is 5.56 Å². The molecular formula is C24H36N8O9. The van der Waals surface area contributed by atoms with Crippen molar-refractivity contribution in [3.8, 4) is 5.75 Å². The number of carboxylic acids is 2. The number of benzene rings is 1. The Kier molecular flexibility index (Phi) is 14.1. The number of hydrogen-bond donors (Lipinski definition) is 10. The van der Waals surface area contributed by atoms with Crippen molar-refractivity contribution in [1.82, 2.24) is 16.0 Å². The number of aliphatic imine (C=N–C) groups is 1. The molecule has 0 aliphatic rings. The number of phenols is 1. The quantitative estimate of drug-likeness (QED) is 0.0461. The zero-order chi connectivity index (χ0) is 31.1. The Morgan fingerprint density at radius 2 is 1.37 bits per heavy atom. The second-order valence-electron chi connectivity index (χ2n) is 9.05. The molecule has 0 aliphatic carbocycles. The van der Waals surface area contributed by atoms with Crippen LogP contribution in [0, 0.1) is 0 Å². The minimum atomic E-state index is -1.61. The Bertz CT molecular complexity index is 1120. The summed E-state index contributed by atoms with van der Waals surface area (Å²) >= 11 is 0. The van der Waals surface area contributed by atoms with E-state index < -0.39 is 72.6 Å². The number of primary amides is 1. The fourth-order valence-electron chi connectivity index (χ4n) is 3.48. The predicted octanol–water partition coefficient (Wildman–Crippen LogP) is -3.41. The first-order valence-corrected chi connectivity index (χ1v) is 12.4. The van der Waals surface area contributed by atoms with Crippen LogP contribution in [0.25, 0.3) is 0 Å². The summed E-state index contributed by atoms with van der Waals surface area (Å²) in [5.74, 6) is -6.63. The number of aromatic hydroxyl groups is 1. The van der Waals surface area contributed by atoms with Crippen LogP contribution in [-0.4, -0.2) is 87.6 Å². The summed E-state index contributed by atoms with van der Waals surface area (Å²) in [4.78, 5) is 76.6. The van der Waals surface area contributed by atoms with E-state index in [2.05, 4.69) is 20.9 Å². The van der Waals surface area contributed by atoms with Gasteiger partial charge in [-0.05, 0) is 37.0 Å². The van der Waals surface area contributed by atoms with Gasteiger partial charge in [0.15, 0.2) is 5.96 Å². The molecule has 226 valence electrons. The third-order valence-electron chi connectivity index (χ3n) is 5.61. The van der Waals surface area contributed by atoms with E-state index in [1.54, 1.807) is 0 Å². The molecule has 0 saturated heterocycles. The van der Waals surface area contributed by atoms with Crippen LogP contribution < -0.4 is 38.9 Å². The average Bonchev–Trinajstić information content (AvgIpc) is 2.88. The molecule has 0 radical (unpaired) electrons. The van der Waals surface area contributed by atoms with E-state index in [-0.39, 0.29) is 43.9 Å². The smallest absolute Gasteiger partial charge is 0.326 e. The third-order valence-corrected chi connectivity index (χ3v) is 5.61. The first kappa shape index (κ1) is 34.1. The number of carbonyl (C=O) groups excluding carboxylic acids is 4. The molecule has 4 atom stereocenters. The van der Waals surface area contributed by atoms with Gasteiger partial charge in [-0.1, -0.05) is 12.1 Å². The van der Waals surface area contributed by atoms with Gasteiger partial charge < -0.3 is 54.2 Å². The van der Waals surface area contributed by atoms with E-state index in [1.807, 2.05) is 0 Å². The molecule has 1 aromatic carbocycles. The molecule has 0 aromatic heterocycles. The monoisotopic (exact) mass is 580 g/mol. The van der Waals surface area contributed by atoms with Gasteiger partial charge in [-0.15, -0.1) is 0 Å². The van der Waals surface area contributed by atoms with Gasteiger partial charge in [-0.3, -0.25) is 29.0 Å². The third kappa shape index (κ3) is 13.6. The van der Waals surface area contributed by atoms with Crippen molar-refractivity contribution in [1.29, 1.82) is 0 Å². The molecule has 4 unspecified atom stereocenters. The van der Waals surface area contributed by atoms with Crippen LogP contribution in [0.5, 0.6) is 5.75 Å². The Morgan fingerprint density at radius 3 is 1.90 bits per heavy atom. The molecule has 17 nitrogen and oxygen atoms in total. The van der Waals surface area contributed by atoms with E-state index >= 15 is 0 Å². The van der Waals surface area contributed by atoms with Gasteiger partial charge in [0, 0.05) is 19.4 Å². The van der Waals surface area contributed by atoms with Crippen LogP contribution in [-0.2, 0) is 35.2 Å². The van der Waals surface area contributed by atoms with Crippen LogP contribution >= 0.6 is 0 Å². The van der Waals surface area contributed by atoms with Crippen LogP contribution in [0.2, 0.25) is 0 Å². The average molecular weight is 581 g/mol. The van der Waals surface area contributed by atoms with Crippen molar-refractivity contribution >= 4 is 41.5 Å². The number of guanidine groups is 1. The number of carbonyl (C=O) groups is 6. The number of nitrogens with one attached hydrogen (secondary N) is 3. The fraction of sp³-hybridized carbons (Fsp3) is 0.458. The maximum absolute atomic E-state index is 13.1. The molecule has 0 saturated carbocycles. The molecule has 0 aliphatic heterocycles. The van der Waals surface area contributed by atoms with Gasteiger partial charge in [-0.25, -0.2) is 4.79 Å². The number of aliphatic carboxylic acids is 2. The number of phenolic OH excluding ortho intramolecular Hbond substituents is 1. The number of nitrogens with two attached hydrogens (primary N) is 4. The summed E-state index contributed by atoms with van der Waals surface area (Å²) in [5.41, 5.74) is 22.0. The normalized spacial score (nSPS) is 13.5. The summed E-state index contributed by atoms with van der Waals surface area (Å²) in [6.07, 6.45) is -1.36. The van der Waals surface area contributed by atoms with Crippen molar-refractivity contribution in [2.75, 3.05) is 6.54 Å². The molecule has 1 rings (SSSR count). The summed E-state index contributed by atoms with van der Waals surface area (Å²) in [6, 6.07) is -0.0830. The van der Waals surface area contributed by atoms with Crippen molar-refractivity contribution in [3.05, 3.63) is 29.8 Å². The Hall–Kier alpha value is -4.93. The molecule has 0 spiro atoms. The van der Waals surface area contributed by atoms with Crippen LogP contribution in [0.15, 0.2) is 29.3 Å². The zero-order valence-electron chi connectivity index (χ0n) is 22.1. The fourth-order valence-corrected chi connectivity index (χ4v) is 3.48. The van der Waals surface area contributed by atoms with Crippen LogP contribution in [0.3, 0.4) is 0 Å². The minimum Gasteiger partial charge on any atom is -0.508 e. The predicted molar refractivity (Wildman–Crippen MR) is 144 cm³/mol. The first-order chi connectivity index (χ1) is 19.2. The number of nitrogens with zero attached hydrogens (tertiary/aromatic N) is 1. The lowest BCUT2D eigenvalue weighted by molar-refractivity contribution is -0.142. The zero-order valence-corrected chi connectivity index (χ0v) is 22.1. The molecule has 4 amide bonds. The summed E-state index contributed by atoms with van der Waals surface area (Å²) in [5, 5.41) is 34.7. The van der Waals surface area contributed by atoms with E-state index in [9.17, 15) is 39.0 Å². The highest BCUT2D eigenvalue weighted by atomic mass is 16.4. The van der Waals surface area contributed by atoms with Gasteiger partial charge >= 0.3 is 11.9 Å². The van der Waals surface area contributed by atoms with E-state index in [1.165, 1.54) is 24.3 Å². The number of rotatable bonds is 18. The topological polar surface area (TPSA) is 316 Å². The summed E-state index contributed by atoms with van der Waals surface area (Å²) < 4.78 is 0. The van der Waals surface area contributed by atoms with Gasteiger partial charge in [-0.2, -0.15) is 0 Å². The lowest BCUT2D eigenvalue weighted by Crippen LogP contribution is -2.58. The highest BCUT2D eigenvalue weighted by Crippen LogP contribution is 2.12. The molecule has 17 heteroatoms. The summed E-state index contributed by atoms with van der Waals surface area (Å²) in [7, 11) is 0. The molecule has 1 aromatic rings. The van der Waals surface area contributed by atoms with E-state index in [4.69, 9.17) is 28.0 Å². The SMILES string of the molecule is NC(=O)CC(NC(=O)C(CCCN=C(N)N)NC(=O)C(N)CCC(=O)O)C(=O)NC(Cc1ccc(O)cc1)C(=O)O. The van der Waals surface area contributed by atoms with Crippen molar-refractivity contribution in [2.24, 2.45) is 27.9 Å². The second kappa shape index (κ2) is 16.9. The van der Waals surface area contributed by atoms with Crippen LogP contribution in [0.4, 0.5) is 0 Å². The molecule has 0 heterocycles. The maximum Gasteiger partial charge on any atom is 0.326 e. The molecule has 14 N–H and O–H groups in total. The van der Waals surface area contributed by atoms with Gasteiger partial charge in [0.2, 0.25) is 23.6 Å². The van der Waals surface area contributed by atoms with Crippen molar-refractivity contribution in [3.63, 3.8) is 0 Å².